The van der Waals surface area contributed by atoms with Crippen molar-refractivity contribution in [2.75, 3.05) is 24.4 Å². The van der Waals surface area contributed by atoms with Crippen LogP contribution in [0.4, 0.5) is 5.69 Å². The summed E-state index contributed by atoms with van der Waals surface area (Å²) >= 11 is 5.65. The lowest BCUT2D eigenvalue weighted by atomic mass is 10.1. The van der Waals surface area contributed by atoms with E-state index in [1.54, 1.807) is 6.07 Å². The highest BCUT2D eigenvalue weighted by molar-refractivity contribution is 6.18. The minimum Gasteiger partial charge on any atom is -0.373 e. The van der Waals surface area contributed by atoms with Crippen molar-refractivity contribution in [3.8, 4) is 0 Å². The van der Waals surface area contributed by atoms with Gasteiger partial charge in [-0.1, -0.05) is 11.6 Å². The first-order chi connectivity index (χ1) is 7.06. The van der Waals surface area contributed by atoms with Crippen LogP contribution in [0.3, 0.4) is 0 Å². The summed E-state index contributed by atoms with van der Waals surface area (Å²) in [5.74, 6) is 0.109. The number of carbonyl (C=O) groups is 1. The Kier molecular flexibility index (Phi) is 3.97. The van der Waals surface area contributed by atoms with E-state index < -0.39 is 5.91 Å². The standard InChI is InChI=1S/C11H15ClN2O/c1-8-3-4-10(14(2)6-5-12)9(7-8)11(13)15/h3-4,7H,5-6H2,1-2H3,(H2,13,15). The normalized spacial score (nSPS) is 10.1. The first kappa shape index (κ1) is 11.9. The van der Waals surface area contributed by atoms with Crippen LogP contribution in [0.2, 0.25) is 0 Å². The molecule has 0 aromatic heterocycles. The molecule has 0 heterocycles. The number of alkyl halides is 1. The quantitative estimate of drug-likeness (QED) is 0.796. The van der Waals surface area contributed by atoms with Crippen LogP contribution < -0.4 is 10.6 Å². The summed E-state index contributed by atoms with van der Waals surface area (Å²) in [6, 6.07) is 5.64. The highest BCUT2D eigenvalue weighted by Gasteiger charge is 2.11. The van der Waals surface area contributed by atoms with Crippen LogP contribution in [0.5, 0.6) is 0 Å². The van der Waals surface area contributed by atoms with E-state index in [4.69, 9.17) is 17.3 Å². The van der Waals surface area contributed by atoms with Gasteiger partial charge in [-0.25, -0.2) is 0 Å². The van der Waals surface area contributed by atoms with Crippen LogP contribution in [-0.2, 0) is 0 Å². The minimum atomic E-state index is -0.407. The number of halogens is 1. The van der Waals surface area contributed by atoms with Crippen molar-refractivity contribution in [3.63, 3.8) is 0 Å². The van der Waals surface area contributed by atoms with Gasteiger partial charge in [-0.2, -0.15) is 0 Å². The van der Waals surface area contributed by atoms with E-state index in [9.17, 15) is 4.79 Å². The summed E-state index contributed by atoms with van der Waals surface area (Å²) in [6.07, 6.45) is 0. The summed E-state index contributed by atoms with van der Waals surface area (Å²) in [6.45, 7) is 2.61. The molecule has 0 saturated carbocycles. The SMILES string of the molecule is Cc1ccc(N(C)CCCl)c(C(N)=O)c1. The van der Waals surface area contributed by atoms with Gasteiger partial charge in [0.1, 0.15) is 0 Å². The summed E-state index contributed by atoms with van der Waals surface area (Å²) in [4.78, 5) is 13.2. The molecule has 0 unspecified atom stereocenters. The van der Waals surface area contributed by atoms with E-state index >= 15 is 0 Å². The predicted octanol–water partition coefficient (Wildman–Crippen LogP) is 1.77. The summed E-state index contributed by atoms with van der Waals surface area (Å²) in [5.41, 5.74) is 7.71. The van der Waals surface area contributed by atoms with Crippen molar-refractivity contribution in [1.29, 1.82) is 0 Å². The summed E-state index contributed by atoms with van der Waals surface area (Å²) in [5, 5.41) is 0. The molecule has 0 bridgehead atoms. The average Bonchev–Trinajstić information content (AvgIpc) is 2.17. The molecule has 0 aliphatic heterocycles. The number of carbonyl (C=O) groups excluding carboxylic acids is 1. The molecule has 15 heavy (non-hydrogen) atoms. The topological polar surface area (TPSA) is 46.3 Å². The van der Waals surface area contributed by atoms with Gasteiger partial charge in [0.15, 0.2) is 0 Å². The number of hydrogen-bond acceptors (Lipinski definition) is 2. The molecule has 0 atom stereocenters. The molecule has 0 radical (unpaired) electrons. The molecule has 1 rings (SSSR count). The number of aryl methyl sites for hydroxylation is 1. The van der Waals surface area contributed by atoms with E-state index in [-0.39, 0.29) is 0 Å². The van der Waals surface area contributed by atoms with Crippen LogP contribution >= 0.6 is 11.6 Å². The highest BCUT2D eigenvalue weighted by Crippen LogP contribution is 2.20. The van der Waals surface area contributed by atoms with E-state index in [1.165, 1.54) is 0 Å². The number of hydrogen-bond donors (Lipinski definition) is 1. The first-order valence-electron chi connectivity index (χ1n) is 4.74. The Bertz CT molecular complexity index is 366. The molecule has 3 nitrogen and oxygen atoms in total. The van der Waals surface area contributed by atoms with Crippen molar-refractivity contribution in [3.05, 3.63) is 29.3 Å². The zero-order valence-electron chi connectivity index (χ0n) is 8.96. The zero-order chi connectivity index (χ0) is 11.4. The fourth-order valence-corrected chi connectivity index (χ4v) is 1.68. The molecule has 0 saturated heterocycles. The van der Waals surface area contributed by atoms with E-state index in [2.05, 4.69) is 0 Å². The number of rotatable bonds is 4. The smallest absolute Gasteiger partial charge is 0.250 e. The molecule has 1 aromatic carbocycles. The van der Waals surface area contributed by atoms with Gasteiger partial charge in [-0.15, -0.1) is 11.6 Å². The first-order valence-corrected chi connectivity index (χ1v) is 5.27. The molecule has 1 aromatic rings. The van der Waals surface area contributed by atoms with Gasteiger partial charge in [0, 0.05) is 25.2 Å². The van der Waals surface area contributed by atoms with Gasteiger partial charge in [-0.05, 0) is 19.1 Å². The lowest BCUT2D eigenvalue weighted by Gasteiger charge is -2.20. The van der Waals surface area contributed by atoms with Crippen LogP contribution in [0, 0.1) is 6.92 Å². The number of anilines is 1. The maximum atomic E-state index is 11.2. The molecule has 0 aliphatic rings. The second-order valence-corrected chi connectivity index (χ2v) is 3.87. The van der Waals surface area contributed by atoms with Crippen LogP contribution in [-0.4, -0.2) is 25.4 Å². The fraction of sp³-hybridized carbons (Fsp3) is 0.364. The van der Waals surface area contributed by atoms with Gasteiger partial charge in [-0.3, -0.25) is 4.79 Å². The van der Waals surface area contributed by atoms with E-state index in [0.717, 1.165) is 11.3 Å². The Labute approximate surface area is 94.8 Å². The second kappa shape index (κ2) is 5.03. The minimum absolute atomic E-state index is 0.407. The molecule has 4 heteroatoms. The lowest BCUT2D eigenvalue weighted by molar-refractivity contribution is 0.100. The molecule has 1 amide bonds. The fourth-order valence-electron chi connectivity index (χ4n) is 1.43. The van der Waals surface area contributed by atoms with Gasteiger partial charge in [0.2, 0.25) is 0 Å². The Morgan fingerprint density at radius 2 is 2.20 bits per heavy atom. The van der Waals surface area contributed by atoms with Crippen LogP contribution in [0.15, 0.2) is 18.2 Å². The Morgan fingerprint density at radius 1 is 1.53 bits per heavy atom. The number of nitrogens with two attached hydrogens (primary N) is 1. The molecule has 0 fully saturated rings. The van der Waals surface area contributed by atoms with Crippen molar-refractivity contribution >= 4 is 23.2 Å². The number of benzene rings is 1. The third-order valence-corrected chi connectivity index (χ3v) is 2.42. The van der Waals surface area contributed by atoms with Crippen LogP contribution in [0.1, 0.15) is 15.9 Å². The largest absolute Gasteiger partial charge is 0.373 e. The molecule has 2 N–H and O–H groups in total. The van der Waals surface area contributed by atoms with Crippen molar-refractivity contribution in [2.45, 2.75) is 6.92 Å². The van der Waals surface area contributed by atoms with Crippen LogP contribution in [0.25, 0.3) is 0 Å². The average molecular weight is 227 g/mol. The molecule has 0 aliphatic carbocycles. The molecular formula is C11H15ClN2O. The van der Waals surface area contributed by atoms with Gasteiger partial charge >= 0.3 is 0 Å². The third kappa shape index (κ3) is 2.86. The molecule has 82 valence electrons. The summed E-state index contributed by atoms with van der Waals surface area (Å²) in [7, 11) is 1.89. The Morgan fingerprint density at radius 3 is 2.73 bits per heavy atom. The molecule has 0 spiro atoms. The van der Waals surface area contributed by atoms with Crippen molar-refractivity contribution in [1.82, 2.24) is 0 Å². The predicted molar refractivity (Wildman–Crippen MR) is 63.7 cm³/mol. The highest BCUT2D eigenvalue weighted by atomic mass is 35.5. The zero-order valence-corrected chi connectivity index (χ0v) is 9.71. The number of primary amides is 1. The lowest BCUT2D eigenvalue weighted by Crippen LogP contribution is -2.24. The number of amides is 1. The maximum Gasteiger partial charge on any atom is 0.250 e. The van der Waals surface area contributed by atoms with E-state index in [0.29, 0.717) is 18.0 Å². The van der Waals surface area contributed by atoms with E-state index in [1.807, 2.05) is 31.0 Å². The number of nitrogens with zero attached hydrogens (tertiary/aromatic N) is 1. The third-order valence-electron chi connectivity index (χ3n) is 2.25. The van der Waals surface area contributed by atoms with Crippen molar-refractivity contribution in [2.24, 2.45) is 5.73 Å². The van der Waals surface area contributed by atoms with Gasteiger partial charge in [0.05, 0.1) is 5.56 Å². The maximum absolute atomic E-state index is 11.2. The summed E-state index contributed by atoms with van der Waals surface area (Å²) < 4.78 is 0. The monoisotopic (exact) mass is 226 g/mol. The van der Waals surface area contributed by atoms with Gasteiger partial charge < -0.3 is 10.6 Å². The van der Waals surface area contributed by atoms with Crippen molar-refractivity contribution < 1.29 is 4.79 Å². The Hall–Kier alpha value is -1.22. The molecular weight excluding hydrogens is 212 g/mol. The van der Waals surface area contributed by atoms with Gasteiger partial charge in [0.25, 0.3) is 5.91 Å². The second-order valence-electron chi connectivity index (χ2n) is 3.50. The Balaban J connectivity index is 3.10.